The molecular weight excluding hydrogens is 417 g/mol. The standard InChI is InChI=1S/C27H32FN3O2/c1-32-23-8-6-7-22(19-23)27(25-10-4-5-14-29-25)30-20-21-12-15-31(16-13-21)17-18-33-26-11-3-2-9-24(26)28/h2-11,14,19,21,27,30H,12-13,15-18,20H2,1H3. The van der Waals surface area contributed by atoms with E-state index in [1.165, 1.54) is 6.07 Å². The maximum Gasteiger partial charge on any atom is 0.165 e. The van der Waals surface area contributed by atoms with Crippen molar-refractivity contribution in [3.05, 3.63) is 90.0 Å². The lowest BCUT2D eigenvalue weighted by atomic mass is 9.95. The van der Waals surface area contributed by atoms with Crippen molar-refractivity contribution in [2.75, 3.05) is 39.9 Å². The second-order valence-electron chi connectivity index (χ2n) is 8.44. The fraction of sp³-hybridized carbons (Fsp3) is 0.370. The quantitative estimate of drug-likeness (QED) is 0.486. The van der Waals surface area contributed by atoms with E-state index in [0.29, 0.717) is 18.3 Å². The number of nitrogens with one attached hydrogen (secondary N) is 1. The van der Waals surface area contributed by atoms with Crippen LogP contribution in [0.3, 0.4) is 0 Å². The number of halogens is 1. The number of para-hydroxylation sites is 1. The number of aromatic nitrogens is 1. The van der Waals surface area contributed by atoms with E-state index in [1.807, 2.05) is 30.5 Å². The normalized spacial score (nSPS) is 15.8. The zero-order valence-corrected chi connectivity index (χ0v) is 19.1. The Kier molecular flexibility index (Phi) is 8.28. The number of pyridine rings is 1. The Morgan fingerprint density at radius 1 is 1.06 bits per heavy atom. The van der Waals surface area contributed by atoms with E-state index in [0.717, 1.165) is 56.0 Å². The monoisotopic (exact) mass is 449 g/mol. The highest BCUT2D eigenvalue weighted by atomic mass is 19.1. The molecule has 0 amide bonds. The van der Waals surface area contributed by atoms with Gasteiger partial charge in [0.2, 0.25) is 0 Å². The summed E-state index contributed by atoms with van der Waals surface area (Å²) in [6, 6.07) is 20.8. The van der Waals surface area contributed by atoms with Gasteiger partial charge in [-0.05, 0) is 80.4 Å². The molecule has 6 heteroatoms. The molecular formula is C27H32FN3O2. The number of likely N-dealkylation sites (tertiary alicyclic amines) is 1. The van der Waals surface area contributed by atoms with Crippen LogP contribution in [0.5, 0.6) is 11.5 Å². The van der Waals surface area contributed by atoms with E-state index < -0.39 is 0 Å². The van der Waals surface area contributed by atoms with E-state index in [2.05, 4.69) is 33.4 Å². The van der Waals surface area contributed by atoms with Gasteiger partial charge in [-0.2, -0.15) is 0 Å². The highest BCUT2D eigenvalue weighted by Gasteiger charge is 2.22. The molecule has 1 N–H and O–H groups in total. The zero-order chi connectivity index (χ0) is 22.9. The Morgan fingerprint density at radius 3 is 2.64 bits per heavy atom. The molecule has 4 rings (SSSR count). The highest BCUT2D eigenvalue weighted by molar-refractivity contribution is 5.34. The van der Waals surface area contributed by atoms with Gasteiger partial charge in [-0.25, -0.2) is 4.39 Å². The Morgan fingerprint density at radius 2 is 1.88 bits per heavy atom. The predicted molar refractivity (Wildman–Crippen MR) is 128 cm³/mol. The number of rotatable bonds is 10. The fourth-order valence-electron chi connectivity index (χ4n) is 4.31. The molecule has 1 atom stereocenters. The van der Waals surface area contributed by atoms with Gasteiger partial charge < -0.3 is 14.8 Å². The second-order valence-corrected chi connectivity index (χ2v) is 8.44. The first-order valence-electron chi connectivity index (χ1n) is 11.6. The number of methoxy groups -OCH3 is 1. The third-order valence-electron chi connectivity index (χ3n) is 6.23. The van der Waals surface area contributed by atoms with E-state index in [-0.39, 0.29) is 11.9 Å². The molecule has 0 spiro atoms. The van der Waals surface area contributed by atoms with Crippen LogP contribution in [0.15, 0.2) is 72.9 Å². The summed E-state index contributed by atoms with van der Waals surface area (Å²) in [5.41, 5.74) is 2.16. The van der Waals surface area contributed by atoms with Crippen molar-refractivity contribution in [3.8, 4) is 11.5 Å². The molecule has 0 radical (unpaired) electrons. The van der Waals surface area contributed by atoms with Crippen molar-refractivity contribution < 1.29 is 13.9 Å². The Labute approximate surface area is 195 Å². The minimum Gasteiger partial charge on any atom is -0.497 e. The zero-order valence-electron chi connectivity index (χ0n) is 19.1. The van der Waals surface area contributed by atoms with Crippen LogP contribution in [0.25, 0.3) is 0 Å². The summed E-state index contributed by atoms with van der Waals surface area (Å²) in [5, 5.41) is 3.76. The van der Waals surface area contributed by atoms with Gasteiger partial charge in [0.15, 0.2) is 11.6 Å². The van der Waals surface area contributed by atoms with Gasteiger partial charge in [-0.3, -0.25) is 9.88 Å². The maximum atomic E-state index is 13.7. The molecule has 1 aliphatic rings. The Balaban J connectivity index is 1.27. The molecule has 0 bridgehead atoms. The van der Waals surface area contributed by atoms with Gasteiger partial charge in [-0.1, -0.05) is 30.3 Å². The summed E-state index contributed by atoms with van der Waals surface area (Å²) in [7, 11) is 1.69. The molecule has 0 saturated carbocycles. The molecule has 5 nitrogen and oxygen atoms in total. The van der Waals surface area contributed by atoms with Crippen molar-refractivity contribution in [1.29, 1.82) is 0 Å². The van der Waals surface area contributed by atoms with E-state index in [4.69, 9.17) is 9.47 Å². The van der Waals surface area contributed by atoms with Crippen LogP contribution in [0.4, 0.5) is 4.39 Å². The van der Waals surface area contributed by atoms with Crippen LogP contribution in [0.1, 0.15) is 30.1 Å². The lowest BCUT2D eigenvalue weighted by Gasteiger charge is -2.33. The van der Waals surface area contributed by atoms with Crippen molar-refractivity contribution in [2.24, 2.45) is 5.92 Å². The highest BCUT2D eigenvalue weighted by Crippen LogP contribution is 2.25. The van der Waals surface area contributed by atoms with Crippen molar-refractivity contribution in [1.82, 2.24) is 15.2 Å². The maximum absolute atomic E-state index is 13.7. The third kappa shape index (κ3) is 6.53. The van der Waals surface area contributed by atoms with E-state index in [9.17, 15) is 4.39 Å². The Hall–Kier alpha value is -2.96. The predicted octanol–water partition coefficient (Wildman–Crippen LogP) is 4.70. The van der Waals surface area contributed by atoms with E-state index >= 15 is 0 Å². The molecule has 2 heterocycles. The summed E-state index contributed by atoms with van der Waals surface area (Å²) in [6.07, 6.45) is 4.09. The fourth-order valence-corrected chi connectivity index (χ4v) is 4.31. The van der Waals surface area contributed by atoms with Gasteiger partial charge in [0.1, 0.15) is 12.4 Å². The molecule has 0 aliphatic carbocycles. The lowest BCUT2D eigenvalue weighted by molar-refractivity contribution is 0.151. The van der Waals surface area contributed by atoms with E-state index in [1.54, 1.807) is 25.3 Å². The smallest absolute Gasteiger partial charge is 0.165 e. The van der Waals surface area contributed by atoms with Crippen LogP contribution >= 0.6 is 0 Å². The molecule has 33 heavy (non-hydrogen) atoms. The summed E-state index contributed by atoms with van der Waals surface area (Å²) >= 11 is 0. The number of nitrogens with zero attached hydrogens (tertiary/aromatic N) is 2. The first-order chi connectivity index (χ1) is 16.2. The van der Waals surface area contributed by atoms with Crippen LogP contribution < -0.4 is 14.8 Å². The summed E-state index contributed by atoms with van der Waals surface area (Å²) < 4.78 is 24.7. The first-order valence-corrected chi connectivity index (χ1v) is 11.6. The Bertz CT molecular complexity index is 993. The van der Waals surface area contributed by atoms with Gasteiger partial charge in [0.25, 0.3) is 0 Å². The lowest BCUT2D eigenvalue weighted by Crippen LogP contribution is -2.40. The average Bonchev–Trinajstić information content (AvgIpc) is 2.87. The van der Waals surface area contributed by atoms with Gasteiger partial charge >= 0.3 is 0 Å². The third-order valence-corrected chi connectivity index (χ3v) is 6.23. The van der Waals surface area contributed by atoms with Crippen LogP contribution in [0, 0.1) is 11.7 Å². The minimum atomic E-state index is -0.305. The van der Waals surface area contributed by atoms with Crippen molar-refractivity contribution >= 4 is 0 Å². The largest absolute Gasteiger partial charge is 0.497 e. The van der Waals surface area contributed by atoms with Gasteiger partial charge in [0.05, 0.1) is 18.8 Å². The number of ether oxygens (including phenoxy) is 2. The summed E-state index contributed by atoms with van der Waals surface area (Å²) in [6.45, 7) is 4.30. The molecule has 1 unspecified atom stereocenters. The minimum absolute atomic E-state index is 0.0218. The first kappa shape index (κ1) is 23.2. The molecule has 3 aromatic rings. The van der Waals surface area contributed by atoms with Gasteiger partial charge in [0, 0.05) is 12.7 Å². The molecule has 174 valence electrons. The summed E-state index contributed by atoms with van der Waals surface area (Å²) in [5.74, 6) is 1.47. The average molecular weight is 450 g/mol. The molecule has 1 aliphatic heterocycles. The number of hydrogen-bond acceptors (Lipinski definition) is 5. The van der Waals surface area contributed by atoms with Crippen LogP contribution in [-0.4, -0.2) is 49.8 Å². The summed E-state index contributed by atoms with van der Waals surface area (Å²) in [4.78, 5) is 7.00. The van der Waals surface area contributed by atoms with Crippen molar-refractivity contribution in [2.45, 2.75) is 18.9 Å². The molecule has 2 aromatic carbocycles. The SMILES string of the molecule is COc1cccc(C(NCC2CCN(CCOc3ccccc3F)CC2)c2ccccn2)c1. The molecule has 1 aromatic heterocycles. The number of piperidine rings is 1. The number of benzene rings is 2. The van der Waals surface area contributed by atoms with Crippen molar-refractivity contribution in [3.63, 3.8) is 0 Å². The van der Waals surface area contributed by atoms with Crippen LogP contribution in [-0.2, 0) is 0 Å². The number of hydrogen-bond donors (Lipinski definition) is 1. The second kappa shape index (κ2) is 11.8. The van der Waals surface area contributed by atoms with Crippen LogP contribution in [0.2, 0.25) is 0 Å². The molecule has 1 saturated heterocycles. The topological polar surface area (TPSA) is 46.6 Å². The van der Waals surface area contributed by atoms with Gasteiger partial charge in [-0.15, -0.1) is 0 Å². The molecule has 1 fully saturated rings.